The summed E-state index contributed by atoms with van der Waals surface area (Å²) in [6.45, 7) is 2.39. The first-order chi connectivity index (χ1) is 9.35. The number of carbonyl (C=O) groups excluding carboxylic acids is 1. The van der Waals surface area contributed by atoms with Crippen LogP contribution in [-0.2, 0) is 4.79 Å². The summed E-state index contributed by atoms with van der Waals surface area (Å²) in [5, 5.41) is 5.68. The van der Waals surface area contributed by atoms with Crippen LogP contribution in [0, 0.1) is 0 Å². The Kier molecular flexibility index (Phi) is 5.40. The Morgan fingerprint density at radius 1 is 1.11 bits per heavy atom. The SMILES string of the molecule is CNC=O.c1cc(C2CCNCC2)cc(C2CC2)c1. The van der Waals surface area contributed by atoms with Crippen LogP contribution < -0.4 is 10.6 Å². The van der Waals surface area contributed by atoms with Gasteiger partial charge in [0.05, 0.1) is 0 Å². The van der Waals surface area contributed by atoms with Crippen molar-refractivity contribution in [2.75, 3.05) is 20.1 Å². The largest absolute Gasteiger partial charge is 0.362 e. The molecule has 1 amide bonds. The van der Waals surface area contributed by atoms with Crippen LogP contribution in [0.25, 0.3) is 0 Å². The summed E-state index contributed by atoms with van der Waals surface area (Å²) in [4.78, 5) is 9.06. The lowest BCUT2D eigenvalue weighted by Gasteiger charge is -2.23. The van der Waals surface area contributed by atoms with E-state index in [1.165, 1.54) is 38.8 Å². The van der Waals surface area contributed by atoms with Crippen molar-refractivity contribution in [1.29, 1.82) is 0 Å². The topological polar surface area (TPSA) is 41.1 Å². The summed E-state index contributed by atoms with van der Waals surface area (Å²) >= 11 is 0. The molecule has 1 heterocycles. The highest BCUT2D eigenvalue weighted by molar-refractivity contribution is 5.44. The smallest absolute Gasteiger partial charge is 0.206 e. The summed E-state index contributed by atoms with van der Waals surface area (Å²) in [6.07, 6.45) is 6.08. The van der Waals surface area contributed by atoms with E-state index in [2.05, 4.69) is 34.9 Å². The van der Waals surface area contributed by atoms with E-state index in [1.807, 2.05) is 0 Å². The molecule has 1 saturated carbocycles. The van der Waals surface area contributed by atoms with E-state index >= 15 is 0 Å². The van der Waals surface area contributed by atoms with Crippen molar-refractivity contribution in [3.05, 3.63) is 35.4 Å². The molecule has 2 fully saturated rings. The van der Waals surface area contributed by atoms with Crippen molar-refractivity contribution in [3.63, 3.8) is 0 Å². The molecule has 1 aliphatic carbocycles. The molecule has 0 atom stereocenters. The maximum absolute atomic E-state index is 9.06. The Labute approximate surface area is 115 Å². The van der Waals surface area contributed by atoms with Gasteiger partial charge in [0.25, 0.3) is 0 Å². The van der Waals surface area contributed by atoms with Gasteiger partial charge in [-0.2, -0.15) is 0 Å². The maximum atomic E-state index is 9.06. The summed E-state index contributed by atoms with van der Waals surface area (Å²) in [6, 6.07) is 9.35. The Bertz CT molecular complexity index is 395. The molecule has 1 saturated heterocycles. The van der Waals surface area contributed by atoms with Gasteiger partial charge >= 0.3 is 0 Å². The number of carbonyl (C=O) groups is 1. The summed E-state index contributed by atoms with van der Waals surface area (Å²) in [5.41, 5.74) is 3.17. The zero-order valence-electron chi connectivity index (χ0n) is 11.7. The first-order valence-corrected chi connectivity index (χ1v) is 7.26. The average Bonchev–Trinajstić information content (AvgIpc) is 3.33. The number of rotatable bonds is 3. The predicted octanol–water partition coefficient (Wildman–Crippen LogP) is 2.39. The molecule has 1 aromatic carbocycles. The Hall–Kier alpha value is -1.35. The highest BCUT2D eigenvalue weighted by Crippen LogP contribution is 2.41. The van der Waals surface area contributed by atoms with Crippen LogP contribution in [0.2, 0.25) is 0 Å². The van der Waals surface area contributed by atoms with E-state index in [0.29, 0.717) is 6.41 Å². The molecule has 3 nitrogen and oxygen atoms in total. The first-order valence-electron chi connectivity index (χ1n) is 7.26. The van der Waals surface area contributed by atoms with E-state index in [-0.39, 0.29) is 0 Å². The number of benzene rings is 1. The fraction of sp³-hybridized carbons (Fsp3) is 0.562. The normalized spacial score (nSPS) is 19.2. The first kappa shape index (κ1) is 14.1. The van der Waals surface area contributed by atoms with E-state index in [4.69, 9.17) is 4.79 Å². The van der Waals surface area contributed by atoms with Crippen molar-refractivity contribution in [2.45, 2.75) is 37.5 Å². The van der Waals surface area contributed by atoms with Crippen LogP contribution in [0.4, 0.5) is 0 Å². The quantitative estimate of drug-likeness (QED) is 0.819. The minimum absolute atomic E-state index is 0.625. The highest BCUT2D eigenvalue weighted by atomic mass is 16.1. The number of piperidine rings is 1. The van der Waals surface area contributed by atoms with Gasteiger partial charge in [0.1, 0.15) is 0 Å². The minimum atomic E-state index is 0.625. The van der Waals surface area contributed by atoms with Gasteiger partial charge in [0, 0.05) is 7.05 Å². The van der Waals surface area contributed by atoms with Crippen molar-refractivity contribution >= 4 is 6.41 Å². The molecule has 0 radical (unpaired) electrons. The predicted molar refractivity (Wildman–Crippen MR) is 78.4 cm³/mol. The van der Waals surface area contributed by atoms with Gasteiger partial charge in [-0.05, 0) is 61.7 Å². The summed E-state index contributed by atoms with van der Waals surface area (Å²) < 4.78 is 0. The number of hydrogen-bond acceptors (Lipinski definition) is 2. The molecule has 2 N–H and O–H groups in total. The third kappa shape index (κ3) is 4.35. The monoisotopic (exact) mass is 260 g/mol. The minimum Gasteiger partial charge on any atom is -0.362 e. The standard InChI is InChI=1S/C14H19N.C2H5NO/c1-2-13(11-4-5-11)10-14(3-1)12-6-8-15-9-7-12;1-3-2-4/h1-3,10-12,15H,4-9H2;2H,1H3,(H,3,4). The lowest BCUT2D eigenvalue weighted by Crippen LogP contribution is -2.26. The van der Waals surface area contributed by atoms with Crippen LogP contribution in [-0.4, -0.2) is 26.5 Å². The Morgan fingerprint density at radius 3 is 2.11 bits per heavy atom. The van der Waals surface area contributed by atoms with E-state index < -0.39 is 0 Å². The van der Waals surface area contributed by atoms with E-state index in [0.717, 1.165) is 11.8 Å². The molecule has 1 aliphatic heterocycles. The van der Waals surface area contributed by atoms with Crippen molar-refractivity contribution in [3.8, 4) is 0 Å². The lowest BCUT2D eigenvalue weighted by atomic mass is 9.89. The second kappa shape index (κ2) is 7.29. The fourth-order valence-electron chi connectivity index (χ4n) is 2.64. The van der Waals surface area contributed by atoms with Crippen molar-refractivity contribution in [1.82, 2.24) is 10.6 Å². The molecule has 3 heteroatoms. The van der Waals surface area contributed by atoms with Crippen LogP contribution in [0.1, 0.15) is 48.6 Å². The Balaban J connectivity index is 0.000000297. The van der Waals surface area contributed by atoms with Gasteiger partial charge in [-0.25, -0.2) is 0 Å². The van der Waals surface area contributed by atoms with Gasteiger partial charge in [0.15, 0.2) is 0 Å². The third-order valence-electron chi connectivity index (χ3n) is 3.89. The summed E-state index contributed by atoms with van der Waals surface area (Å²) in [7, 11) is 1.56. The van der Waals surface area contributed by atoms with Crippen molar-refractivity contribution < 1.29 is 4.79 Å². The molecule has 0 aromatic heterocycles. The number of amides is 1. The second-order valence-corrected chi connectivity index (χ2v) is 5.38. The van der Waals surface area contributed by atoms with E-state index in [1.54, 1.807) is 18.2 Å². The zero-order chi connectivity index (χ0) is 13.5. The van der Waals surface area contributed by atoms with Crippen LogP contribution in [0.15, 0.2) is 24.3 Å². The zero-order valence-corrected chi connectivity index (χ0v) is 11.7. The van der Waals surface area contributed by atoms with Crippen LogP contribution in [0.3, 0.4) is 0 Å². The van der Waals surface area contributed by atoms with Gasteiger partial charge in [-0.1, -0.05) is 24.3 Å². The average molecular weight is 260 g/mol. The molecule has 19 heavy (non-hydrogen) atoms. The van der Waals surface area contributed by atoms with Gasteiger partial charge in [-0.3, -0.25) is 4.79 Å². The van der Waals surface area contributed by atoms with Crippen LogP contribution in [0.5, 0.6) is 0 Å². The molecule has 0 spiro atoms. The van der Waals surface area contributed by atoms with Gasteiger partial charge in [-0.15, -0.1) is 0 Å². The molecule has 0 unspecified atom stereocenters. The molecule has 3 rings (SSSR count). The molecule has 1 aromatic rings. The van der Waals surface area contributed by atoms with Gasteiger partial charge < -0.3 is 10.6 Å². The molecular formula is C16H24N2O. The third-order valence-corrected chi connectivity index (χ3v) is 3.89. The number of nitrogens with one attached hydrogen (secondary N) is 2. The lowest BCUT2D eigenvalue weighted by molar-refractivity contribution is -0.109. The second-order valence-electron chi connectivity index (χ2n) is 5.38. The fourth-order valence-corrected chi connectivity index (χ4v) is 2.64. The Morgan fingerprint density at radius 2 is 1.63 bits per heavy atom. The highest BCUT2D eigenvalue weighted by Gasteiger charge is 2.24. The molecule has 2 aliphatic rings. The summed E-state index contributed by atoms with van der Waals surface area (Å²) in [5.74, 6) is 1.71. The molecule has 0 bridgehead atoms. The maximum Gasteiger partial charge on any atom is 0.206 e. The van der Waals surface area contributed by atoms with Gasteiger partial charge in [0.2, 0.25) is 6.41 Å². The molecule has 104 valence electrons. The number of hydrogen-bond donors (Lipinski definition) is 2. The van der Waals surface area contributed by atoms with E-state index in [9.17, 15) is 0 Å². The molecular weight excluding hydrogens is 236 g/mol. The van der Waals surface area contributed by atoms with Crippen molar-refractivity contribution in [2.24, 2.45) is 0 Å². The van der Waals surface area contributed by atoms with Crippen LogP contribution >= 0.6 is 0 Å².